The predicted octanol–water partition coefficient (Wildman–Crippen LogP) is 2.61. The van der Waals surface area contributed by atoms with Gasteiger partial charge in [-0.05, 0) is 11.6 Å². The van der Waals surface area contributed by atoms with Crippen LogP contribution in [-0.2, 0) is 13.1 Å². The SMILES string of the molecule is CC1CN(Cc2ccc(CN)cc2F)CC(C)S1. The van der Waals surface area contributed by atoms with Gasteiger partial charge in [0.25, 0.3) is 0 Å². The van der Waals surface area contributed by atoms with Gasteiger partial charge in [-0.1, -0.05) is 26.0 Å². The van der Waals surface area contributed by atoms with Gasteiger partial charge in [0.2, 0.25) is 0 Å². The Morgan fingerprint density at radius 1 is 1.33 bits per heavy atom. The molecule has 0 bridgehead atoms. The molecule has 2 atom stereocenters. The van der Waals surface area contributed by atoms with Gasteiger partial charge in [0, 0.05) is 42.2 Å². The van der Waals surface area contributed by atoms with Crippen LogP contribution in [0.15, 0.2) is 18.2 Å². The molecule has 1 aromatic carbocycles. The molecule has 0 radical (unpaired) electrons. The van der Waals surface area contributed by atoms with Gasteiger partial charge in [-0.2, -0.15) is 11.8 Å². The van der Waals surface area contributed by atoms with Crippen LogP contribution in [0.5, 0.6) is 0 Å². The van der Waals surface area contributed by atoms with Crippen molar-refractivity contribution < 1.29 is 4.39 Å². The molecule has 2 unspecified atom stereocenters. The van der Waals surface area contributed by atoms with Gasteiger partial charge in [0.15, 0.2) is 0 Å². The van der Waals surface area contributed by atoms with Crippen molar-refractivity contribution in [1.29, 1.82) is 0 Å². The van der Waals surface area contributed by atoms with Gasteiger partial charge < -0.3 is 5.73 Å². The lowest BCUT2D eigenvalue weighted by Gasteiger charge is -2.34. The minimum absolute atomic E-state index is 0.128. The Hall–Kier alpha value is -0.580. The van der Waals surface area contributed by atoms with E-state index in [1.807, 2.05) is 23.9 Å². The van der Waals surface area contributed by atoms with Crippen molar-refractivity contribution in [3.05, 3.63) is 35.1 Å². The van der Waals surface area contributed by atoms with Crippen LogP contribution < -0.4 is 5.73 Å². The average molecular weight is 268 g/mol. The van der Waals surface area contributed by atoms with Crippen LogP contribution in [0.4, 0.5) is 4.39 Å². The lowest BCUT2D eigenvalue weighted by Crippen LogP contribution is -2.39. The Labute approximate surface area is 113 Å². The van der Waals surface area contributed by atoms with Gasteiger partial charge in [-0.25, -0.2) is 4.39 Å². The van der Waals surface area contributed by atoms with Crippen LogP contribution in [0.1, 0.15) is 25.0 Å². The van der Waals surface area contributed by atoms with E-state index in [0.29, 0.717) is 23.6 Å². The zero-order valence-corrected chi connectivity index (χ0v) is 11.8. The molecule has 2 rings (SSSR count). The second-order valence-corrected chi connectivity index (χ2v) is 6.96. The molecule has 1 saturated heterocycles. The first kappa shape index (κ1) is 13.8. The smallest absolute Gasteiger partial charge is 0.128 e. The predicted molar refractivity (Wildman–Crippen MR) is 76.1 cm³/mol. The molecule has 0 spiro atoms. The van der Waals surface area contributed by atoms with Crippen molar-refractivity contribution in [1.82, 2.24) is 4.90 Å². The van der Waals surface area contributed by atoms with Gasteiger partial charge >= 0.3 is 0 Å². The summed E-state index contributed by atoms with van der Waals surface area (Å²) in [4.78, 5) is 2.34. The van der Waals surface area contributed by atoms with Crippen molar-refractivity contribution >= 4 is 11.8 Å². The fraction of sp³-hybridized carbons (Fsp3) is 0.571. The molecule has 0 amide bonds. The number of thioether (sulfide) groups is 1. The Kier molecular flexibility index (Phi) is 4.65. The van der Waals surface area contributed by atoms with Crippen molar-refractivity contribution in [3.8, 4) is 0 Å². The maximum atomic E-state index is 13.9. The van der Waals surface area contributed by atoms with Gasteiger partial charge in [0.05, 0.1) is 0 Å². The third kappa shape index (κ3) is 3.46. The van der Waals surface area contributed by atoms with Crippen LogP contribution in [0.2, 0.25) is 0 Å². The summed E-state index contributed by atoms with van der Waals surface area (Å²) >= 11 is 2.01. The van der Waals surface area contributed by atoms with Crippen LogP contribution in [0.3, 0.4) is 0 Å². The first-order chi connectivity index (χ1) is 8.58. The molecule has 2 nitrogen and oxygen atoms in total. The molecule has 0 saturated carbocycles. The summed E-state index contributed by atoms with van der Waals surface area (Å²) in [5.41, 5.74) is 7.14. The molecule has 0 aromatic heterocycles. The minimum atomic E-state index is -0.128. The lowest BCUT2D eigenvalue weighted by molar-refractivity contribution is 0.259. The highest BCUT2D eigenvalue weighted by molar-refractivity contribution is 8.00. The lowest BCUT2D eigenvalue weighted by atomic mass is 10.1. The fourth-order valence-electron chi connectivity index (χ4n) is 2.50. The van der Waals surface area contributed by atoms with Crippen molar-refractivity contribution in [3.63, 3.8) is 0 Å². The summed E-state index contributed by atoms with van der Waals surface area (Å²) in [6.07, 6.45) is 0. The maximum Gasteiger partial charge on any atom is 0.128 e. The van der Waals surface area contributed by atoms with Crippen LogP contribution in [0, 0.1) is 5.82 Å². The zero-order chi connectivity index (χ0) is 13.1. The van der Waals surface area contributed by atoms with Crippen LogP contribution >= 0.6 is 11.8 Å². The van der Waals surface area contributed by atoms with Crippen molar-refractivity contribution in [2.45, 2.75) is 37.4 Å². The molecule has 2 N–H and O–H groups in total. The molecule has 1 heterocycles. The molecule has 1 fully saturated rings. The topological polar surface area (TPSA) is 29.3 Å². The molecular weight excluding hydrogens is 247 g/mol. The molecule has 18 heavy (non-hydrogen) atoms. The largest absolute Gasteiger partial charge is 0.326 e. The van der Waals surface area contributed by atoms with E-state index in [-0.39, 0.29) is 5.82 Å². The molecule has 1 aliphatic rings. The quantitative estimate of drug-likeness (QED) is 0.913. The molecule has 100 valence electrons. The van der Waals surface area contributed by atoms with E-state index < -0.39 is 0 Å². The fourth-order valence-corrected chi connectivity index (χ4v) is 3.89. The first-order valence-electron chi connectivity index (χ1n) is 6.43. The number of halogens is 1. The third-order valence-electron chi connectivity index (χ3n) is 3.24. The second kappa shape index (κ2) is 6.04. The molecule has 0 aliphatic carbocycles. The van der Waals surface area contributed by atoms with Gasteiger partial charge in [-0.15, -0.1) is 0 Å². The first-order valence-corrected chi connectivity index (χ1v) is 7.38. The molecular formula is C14H21FN2S. The summed E-state index contributed by atoms with van der Waals surface area (Å²) in [7, 11) is 0. The highest BCUT2D eigenvalue weighted by atomic mass is 32.2. The van der Waals surface area contributed by atoms with Gasteiger partial charge in [-0.3, -0.25) is 4.90 Å². The van der Waals surface area contributed by atoms with E-state index >= 15 is 0 Å². The maximum absolute atomic E-state index is 13.9. The van der Waals surface area contributed by atoms with E-state index in [2.05, 4.69) is 18.7 Å². The molecule has 1 aromatic rings. The molecule has 4 heteroatoms. The highest BCUT2D eigenvalue weighted by Crippen LogP contribution is 2.26. The number of hydrogen-bond donors (Lipinski definition) is 1. The minimum Gasteiger partial charge on any atom is -0.326 e. The number of nitrogens with two attached hydrogens (primary N) is 1. The molecule has 1 aliphatic heterocycles. The summed E-state index contributed by atoms with van der Waals surface area (Å²) < 4.78 is 13.9. The summed E-state index contributed by atoms with van der Waals surface area (Å²) in [5.74, 6) is -0.128. The Balaban J connectivity index is 2.04. The Morgan fingerprint density at radius 3 is 2.56 bits per heavy atom. The highest BCUT2D eigenvalue weighted by Gasteiger charge is 2.22. The summed E-state index contributed by atoms with van der Waals surface area (Å²) in [6.45, 7) is 7.64. The Morgan fingerprint density at radius 2 is 2.00 bits per heavy atom. The summed E-state index contributed by atoms with van der Waals surface area (Å²) in [6, 6.07) is 5.35. The van der Waals surface area contributed by atoms with E-state index in [1.54, 1.807) is 6.07 Å². The third-order valence-corrected chi connectivity index (χ3v) is 4.47. The van der Waals surface area contributed by atoms with Crippen molar-refractivity contribution in [2.24, 2.45) is 5.73 Å². The van der Waals surface area contributed by atoms with Crippen LogP contribution in [0.25, 0.3) is 0 Å². The summed E-state index contributed by atoms with van der Waals surface area (Å²) in [5, 5.41) is 1.25. The Bertz CT molecular complexity index is 401. The standard InChI is InChI=1S/C14H21FN2S/c1-10-7-17(8-11(2)18-10)9-13-4-3-12(6-16)5-14(13)15/h3-5,10-11H,6-9,16H2,1-2H3. The van der Waals surface area contributed by atoms with E-state index in [0.717, 1.165) is 24.2 Å². The van der Waals surface area contributed by atoms with Crippen LogP contribution in [-0.4, -0.2) is 28.5 Å². The number of hydrogen-bond acceptors (Lipinski definition) is 3. The van der Waals surface area contributed by atoms with E-state index in [9.17, 15) is 4.39 Å². The number of nitrogens with zero attached hydrogens (tertiary/aromatic N) is 1. The zero-order valence-electron chi connectivity index (χ0n) is 11.0. The van der Waals surface area contributed by atoms with E-state index in [4.69, 9.17) is 5.73 Å². The monoisotopic (exact) mass is 268 g/mol. The average Bonchev–Trinajstić information content (AvgIpc) is 2.30. The van der Waals surface area contributed by atoms with Crippen molar-refractivity contribution in [2.75, 3.05) is 13.1 Å². The second-order valence-electron chi connectivity index (χ2n) is 5.08. The number of benzene rings is 1. The normalized spacial score (nSPS) is 25.3. The van der Waals surface area contributed by atoms with E-state index in [1.165, 1.54) is 0 Å². The van der Waals surface area contributed by atoms with Gasteiger partial charge in [0.1, 0.15) is 5.82 Å². The number of rotatable bonds is 3.